The van der Waals surface area contributed by atoms with Crippen LogP contribution in [0.15, 0.2) is 0 Å². The van der Waals surface area contributed by atoms with Gasteiger partial charge in [-0.1, -0.05) is 20.8 Å². The second kappa shape index (κ2) is 5.24. The topological polar surface area (TPSA) is 108 Å². The van der Waals surface area contributed by atoms with E-state index < -0.39 is 23.5 Å². The fourth-order valence-electron chi connectivity index (χ4n) is 1.71. The van der Waals surface area contributed by atoms with Crippen molar-refractivity contribution in [1.82, 2.24) is 16.0 Å². The molecule has 4 N–H and O–H groups in total. The molecule has 2 unspecified atom stereocenters. The quantitative estimate of drug-likeness (QED) is 0.555. The van der Waals surface area contributed by atoms with Crippen molar-refractivity contribution in [3.05, 3.63) is 0 Å². The number of hydrogen-bond donors (Lipinski definition) is 4. The van der Waals surface area contributed by atoms with Gasteiger partial charge in [0.25, 0.3) is 0 Å². The molecule has 0 radical (unpaired) electrons. The average molecular weight is 257 g/mol. The lowest BCUT2D eigenvalue weighted by molar-refractivity contribution is -0.141. The van der Waals surface area contributed by atoms with Crippen molar-refractivity contribution in [1.29, 1.82) is 0 Å². The molecule has 0 aromatic carbocycles. The van der Waals surface area contributed by atoms with Crippen molar-refractivity contribution in [3.63, 3.8) is 0 Å². The van der Waals surface area contributed by atoms with E-state index in [2.05, 4.69) is 16.0 Å². The Balaban J connectivity index is 2.52. The van der Waals surface area contributed by atoms with E-state index in [0.717, 1.165) is 0 Å². The number of hydrogen-bond acceptors (Lipinski definition) is 3. The molecule has 0 aliphatic carbocycles. The standard InChI is InChI=1S/C11H19N3O4/c1-11(2,3)8(9(16)17)14-10(18)13-6-4-7(15)12-5-6/h6,8H,4-5H2,1-3H3,(H,12,15)(H,16,17)(H2,13,14,18). The van der Waals surface area contributed by atoms with E-state index >= 15 is 0 Å². The third-order valence-corrected chi connectivity index (χ3v) is 2.70. The van der Waals surface area contributed by atoms with Gasteiger partial charge >= 0.3 is 12.0 Å². The molecule has 1 heterocycles. The molecular formula is C11H19N3O4. The van der Waals surface area contributed by atoms with E-state index in [4.69, 9.17) is 5.11 Å². The first-order valence-corrected chi connectivity index (χ1v) is 5.76. The van der Waals surface area contributed by atoms with E-state index in [1.54, 1.807) is 20.8 Å². The number of carboxylic acids is 1. The molecular weight excluding hydrogens is 238 g/mol. The predicted octanol–water partition coefficient (Wildman–Crippen LogP) is -0.327. The molecule has 1 aliphatic rings. The largest absolute Gasteiger partial charge is 0.480 e. The van der Waals surface area contributed by atoms with Crippen LogP contribution in [0.4, 0.5) is 4.79 Å². The van der Waals surface area contributed by atoms with Gasteiger partial charge in [-0.25, -0.2) is 9.59 Å². The Morgan fingerprint density at radius 2 is 2.06 bits per heavy atom. The van der Waals surface area contributed by atoms with E-state index in [0.29, 0.717) is 6.54 Å². The molecule has 0 bridgehead atoms. The van der Waals surface area contributed by atoms with Crippen molar-refractivity contribution in [2.24, 2.45) is 5.41 Å². The SMILES string of the molecule is CC(C)(C)C(NC(=O)NC1CNC(=O)C1)C(=O)O. The highest BCUT2D eigenvalue weighted by Crippen LogP contribution is 2.19. The third-order valence-electron chi connectivity index (χ3n) is 2.70. The smallest absolute Gasteiger partial charge is 0.326 e. The first kappa shape index (κ1) is 14.3. The van der Waals surface area contributed by atoms with Gasteiger partial charge < -0.3 is 21.1 Å². The lowest BCUT2D eigenvalue weighted by atomic mass is 9.87. The number of nitrogens with one attached hydrogen (secondary N) is 3. The van der Waals surface area contributed by atoms with Gasteiger partial charge in [0.1, 0.15) is 6.04 Å². The van der Waals surface area contributed by atoms with E-state index in [9.17, 15) is 14.4 Å². The van der Waals surface area contributed by atoms with Gasteiger partial charge in [0.05, 0.1) is 6.04 Å². The molecule has 1 saturated heterocycles. The summed E-state index contributed by atoms with van der Waals surface area (Å²) in [6.07, 6.45) is 0.223. The van der Waals surface area contributed by atoms with Crippen LogP contribution >= 0.6 is 0 Å². The highest BCUT2D eigenvalue weighted by molar-refractivity contribution is 5.84. The zero-order valence-electron chi connectivity index (χ0n) is 10.7. The molecule has 0 spiro atoms. The minimum Gasteiger partial charge on any atom is -0.480 e. The summed E-state index contributed by atoms with van der Waals surface area (Å²) in [5.41, 5.74) is -0.590. The molecule has 18 heavy (non-hydrogen) atoms. The minimum atomic E-state index is -1.08. The van der Waals surface area contributed by atoms with Gasteiger partial charge in [-0.15, -0.1) is 0 Å². The van der Waals surface area contributed by atoms with Gasteiger partial charge in [0.15, 0.2) is 0 Å². The lowest BCUT2D eigenvalue weighted by Crippen LogP contribution is -2.54. The zero-order chi connectivity index (χ0) is 13.9. The number of aliphatic carboxylic acids is 1. The number of carbonyl (C=O) groups is 3. The summed E-state index contributed by atoms with van der Waals surface area (Å²) in [7, 11) is 0. The van der Waals surface area contributed by atoms with Gasteiger partial charge in [-0.05, 0) is 5.41 Å². The van der Waals surface area contributed by atoms with Crippen LogP contribution in [0.1, 0.15) is 27.2 Å². The third kappa shape index (κ3) is 3.90. The van der Waals surface area contributed by atoms with Crippen molar-refractivity contribution in [2.75, 3.05) is 6.54 Å². The number of rotatable bonds is 3. The summed E-state index contributed by atoms with van der Waals surface area (Å²) >= 11 is 0. The Bertz CT molecular complexity index is 362. The van der Waals surface area contributed by atoms with Crippen LogP contribution in [0.5, 0.6) is 0 Å². The summed E-state index contributed by atoms with van der Waals surface area (Å²) in [6.45, 7) is 5.56. The van der Waals surface area contributed by atoms with Crippen molar-refractivity contribution < 1.29 is 19.5 Å². The van der Waals surface area contributed by atoms with Gasteiger partial charge in [-0.3, -0.25) is 4.79 Å². The summed E-state index contributed by atoms with van der Waals surface area (Å²) in [5.74, 6) is -1.20. The van der Waals surface area contributed by atoms with Crippen LogP contribution in [0.2, 0.25) is 0 Å². The Labute approximate surface area is 105 Å². The molecule has 102 valence electrons. The van der Waals surface area contributed by atoms with Crippen LogP contribution in [0, 0.1) is 5.41 Å². The highest BCUT2D eigenvalue weighted by atomic mass is 16.4. The molecule has 0 saturated carbocycles. The van der Waals surface area contributed by atoms with Crippen LogP contribution in [-0.4, -0.2) is 41.6 Å². The van der Waals surface area contributed by atoms with Crippen molar-refractivity contribution in [2.45, 2.75) is 39.3 Å². The van der Waals surface area contributed by atoms with Crippen LogP contribution in [-0.2, 0) is 9.59 Å². The molecule has 1 rings (SSSR count). The number of carbonyl (C=O) groups excluding carboxylic acids is 2. The Hall–Kier alpha value is -1.79. The lowest BCUT2D eigenvalue weighted by Gasteiger charge is -2.28. The van der Waals surface area contributed by atoms with E-state index in [1.165, 1.54) is 0 Å². The summed E-state index contributed by atoms with van der Waals surface area (Å²) in [6, 6.07) is -1.84. The molecule has 7 nitrogen and oxygen atoms in total. The minimum absolute atomic E-state index is 0.120. The zero-order valence-corrected chi connectivity index (χ0v) is 10.7. The Morgan fingerprint density at radius 3 is 2.44 bits per heavy atom. The van der Waals surface area contributed by atoms with Crippen LogP contribution in [0.25, 0.3) is 0 Å². The van der Waals surface area contributed by atoms with Gasteiger partial charge in [-0.2, -0.15) is 0 Å². The van der Waals surface area contributed by atoms with Crippen LogP contribution in [0.3, 0.4) is 0 Å². The van der Waals surface area contributed by atoms with Crippen molar-refractivity contribution >= 4 is 17.9 Å². The monoisotopic (exact) mass is 257 g/mol. The normalized spacial score (nSPS) is 21.1. The molecule has 2 atom stereocenters. The number of urea groups is 1. The predicted molar refractivity (Wildman–Crippen MR) is 64.0 cm³/mol. The van der Waals surface area contributed by atoms with E-state index in [-0.39, 0.29) is 18.4 Å². The number of carboxylic acid groups (broad SMARTS) is 1. The molecule has 3 amide bonds. The fourth-order valence-corrected chi connectivity index (χ4v) is 1.71. The molecule has 0 aromatic rings. The van der Waals surface area contributed by atoms with Crippen LogP contribution < -0.4 is 16.0 Å². The molecule has 1 aliphatic heterocycles. The second-order valence-corrected chi connectivity index (χ2v) is 5.46. The summed E-state index contributed by atoms with van der Waals surface area (Å²) < 4.78 is 0. The maximum atomic E-state index is 11.6. The average Bonchev–Trinajstić information content (AvgIpc) is 2.58. The maximum Gasteiger partial charge on any atom is 0.326 e. The second-order valence-electron chi connectivity index (χ2n) is 5.46. The molecule has 1 fully saturated rings. The molecule has 0 aromatic heterocycles. The highest BCUT2D eigenvalue weighted by Gasteiger charge is 2.33. The Morgan fingerprint density at radius 1 is 1.44 bits per heavy atom. The molecule has 7 heteroatoms. The summed E-state index contributed by atoms with van der Waals surface area (Å²) in [4.78, 5) is 33.7. The fraction of sp³-hybridized carbons (Fsp3) is 0.727. The van der Waals surface area contributed by atoms with Gasteiger partial charge in [0, 0.05) is 13.0 Å². The number of amides is 3. The first-order valence-electron chi connectivity index (χ1n) is 5.76. The van der Waals surface area contributed by atoms with Gasteiger partial charge in [0.2, 0.25) is 5.91 Å². The van der Waals surface area contributed by atoms with Crippen molar-refractivity contribution in [3.8, 4) is 0 Å². The summed E-state index contributed by atoms with van der Waals surface area (Å²) in [5, 5.41) is 16.6. The Kier molecular flexibility index (Phi) is 4.15. The van der Waals surface area contributed by atoms with E-state index in [1.807, 2.05) is 0 Å². The first-order chi connectivity index (χ1) is 8.20. The maximum absolute atomic E-state index is 11.6.